The van der Waals surface area contributed by atoms with Crippen molar-refractivity contribution in [1.29, 1.82) is 0 Å². The molecule has 0 aliphatic carbocycles. The Morgan fingerprint density at radius 2 is 1.59 bits per heavy atom. The molecule has 0 spiro atoms. The summed E-state index contributed by atoms with van der Waals surface area (Å²) in [6, 6.07) is 6.81. The van der Waals surface area contributed by atoms with Crippen molar-refractivity contribution >= 4 is 18.0 Å². The highest BCUT2D eigenvalue weighted by Crippen LogP contribution is 2.22. The van der Waals surface area contributed by atoms with E-state index in [9.17, 15) is 9.59 Å². The fourth-order valence-electron chi connectivity index (χ4n) is 1.98. The lowest BCUT2D eigenvalue weighted by atomic mass is 10.1. The van der Waals surface area contributed by atoms with Crippen molar-refractivity contribution in [3.63, 3.8) is 0 Å². The second-order valence-electron chi connectivity index (χ2n) is 5.80. The van der Waals surface area contributed by atoms with Crippen LogP contribution in [0, 0.1) is 0 Å². The Hall–Kier alpha value is -3.32. The predicted molar refractivity (Wildman–Crippen MR) is 109 cm³/mol. The molecule has 0 heterocycles. The van der Waals surface area contributed by atoms with Crippen molar-refractivity contribution in [1.82, 2.24) is 0 Å². The molecule has 0 saturated carbocycles. The van der Waals surface area contributed by atoms with E-state index < -0.39 is 5.97 Å². The number of methoxy groups -OCH3 is 1. The fourth-order valence-corrected chi connectivity index (χ4v) is 1.98. The SMILES string of the molecule is C=C(C)C(=O)OCCOC(=C)/C(=C\C(=C)c1ccc(OC=O)cc1)OCCOC. The number of carbonyl (C=O) groups excluding carboxylic acids is 2. The minimum atomic E-state index is -0.485. The summed E-state index contributed by atoms with van der Waals surface area (Å²) in [5.41, 5.74) is 1.74. The Labute approximate surface area is 170 Å². The van der Waals surface area contributed by atoms with Crippen molar-refractivity contribution < 1.29 is 33.3 Å². The summed E-state index contributed by atoms with van der Waals surface area (Å²) in [7, 11) is 1.57. The topological polar surface area (TPSA) is 80.3 Å². The van der Waals surface area contributed by atoms with Gasteiger partial charge in [0.1, 0.15) is 25.6 Å². The molecular formula is C22H26O7. The summed E-state index contributed by atoms with van der Waals surface area (Å²) in [6.45, 7) is 14.1. The van der Waals surface area contributed by atoms with Gasteiger partial charge in [-0.15, -0.1) is 0 Å². The van der Waals surface area contributed by atoms with Crippen LogP contribution in [0.5, 0.6) is 5.75 Å². The molecule has 1 aromatic carbocycles. The molecule has 0 fully saturated rings. The molecule has 0 radical (unpaired) electrons. The summed E-state index contributed by atoms with van der Waals surface area (Å²) in [6.07, 6.45) is 1.67. The van der Waals surface area contributed by atoms with E-state index in [4.69, 9.17) is 23.7 Å². The first-order valence-corrected chi connectivity index (χ1v) is 8.76. The first kappa shape index (κ1) is 23.7. The molecule has 0 amide bonds. The molecule has 0 bridgehead atoms. The maximum absolute atomic E-state index is 11.4. The summed E-state index contributed by atoms with van der Waals surface area (Å²) in [5.74, 6) is 0.567. The standard InChI is InChI=1S/C22H26O7/c1-16(2)22(24)28-13-12-26-18(4)21(27-11-10-25-5)14-17(3)19-6-8-20(9-7-19)29-15-23/h6-9,14-15H,1,3-4,10-13H2,2,5H3/b21-14+. The monoisotopic (exact) mass is 402 g/mol. The Kier molecular flexibility index (Phi) is 10.6. The second-order valence-corrected chi connectivity index (χ2v) is 5.80. The molecule has 0 aromatic heterocycles. The van der Waals surface area contributed by atoms with Crippen molar-refractivity contribution in [3.8, 4) is 5.75 Å². The lowest BCUT2D eigenvalue weighted by Gasteiger charge is -2.15. The van der Waals surface area contributed by atoms with E-state index in [0.29, 0.717) is 35.7 Å². The number of hydrogen-bond acceptors (Lipinski definition) is 7. The van der Waals surface area contributed by atoms with E-state index in [1.165, 1.54) is 0 Å². The third kappa shape index (κ3) is 8.94. The van der Waals surface area contributed by atoms with Gasteiger partial charge in [-0.3, -0.25) is 4.79 Å². The molecule has 7 heteroatoms. The van der Waals surface area contributed by atoms with Crippen LogP contribution >= 0.6 is 0 Å². The number of hydrogen-bond donors (Lipinski definition) is 0. The minimum absolute atomic E-state index is 0.0508. The number of esters is 1. The van der Waals surface area contributed by atoms with Crippen LogP contribution in [-0.4, -0.2) is 46.0 Å². The molecule has 1 rings (SSSR count). The maximum atomic E-state index is 11.4. The summed E-state index contributed by atoms with van der Waals surface area (Å²) < 4.78 is 25.9. The van der Waals surface area contributed by atoms with Crippen LogP contribution in [0.1, 0.15) is 12.5 Å². The third-order valence-electron chi connectivity index (χ3n) is 3.48. The highest BCUT2D eigenvalue weighted by Gasteiger charge is 2.09. The number of carbonyl (C=O) groups is 2. The lowest BCUT2D eigenvalue weighted by molar-refractivity contribution is -0.140. The van der Waals surface area contributed by atoms with E-state index in [2.05, 4.69) is 19.7 Å². The van der Waals surface area contributed by atoms with Gasteiger partial charge in [0.15, 0.2) is 11.5 Å². The van der Waals surface area contributed by atoms with Crippen LogP contribution in [0.15, 0.2) is 67.2 Å². The van der Waals surface area contributed by atoms with E-state index in [-0.39, 0.29) is 25.6 Å². The largest absolute Gasteiger partial charge is 0.487 e. The van der Waals surface area contributed by atoms with Crippen molar-refractivity contribution in [2.75, 3.05) is 33.5 Å². The van der Waals surface area contributed by atoms with Gasteiger partial charge in [-0.2, -0.15) is 0 Å². The molecule has 29 heavy (non-hydrogen) atoms. The molecule has 0 aliphatic heterocycles. The molecule has 156 valence electrons. The molecule has 0 saturated heterocycles. The van der Waals surface area contributed by atoms with Gasteiger partial charge in [-0.05, 0) is 36.3 Å². The van der Waals surface area contributed by atoms with Gasteiger partial charge >= 0.3 is 5.97 Å². The Balaban J connectivity index is 2.76. The molecule has 0 unspecified atom stereocenters. The van der Waals surface area contributed by atoms with Gasteiger partial charge in [0.05, 0.1) is 6.61 Å². The summed E-state index contributed by atoms with van der Waals surface area (Å²) in [5, 5.41) is 0. The zero-order chi connectivity index (χ0) is 21.6. The smallest absolute Gasteiger partial charge is 0.333 e. The Bertz CT molecular complexity index is 760. The number of ether oxygens (including phenoxy) is 5. The Morgan fingerprint density at radius 3 is 2.17 bits per heavy atom. The number of allylic oxidation sites excluding steroid dienone is 2. The van der Waals surface area contributed by atoms with Crippen LogP contribution in [0.3, 0.4) is 0 Å². The quantitative estimate of drug-likeness (QED) is 0.118. The first-order chi connectivity index (χ1) is 13.9. The number of benzene rings is 1. The predicted octanol–water partition coefficient (Wildman–Crippen LogP) is 3.43. The Morgan fingerprint density at radius 1 is 0.966 bits per heavy atom. The highest BCUT2D eigenvalue weighted by molar-refractivity contribution is 5.86. The molecular weight excluding hydrogens is 376 g/mol. The van der Waals surface area contributed by atoms with Crippen LogP contribution in [0.2, 0.25) is 0 Å². The van der Waals surface area contributed by atoms with Gasteiger partial charge in [0.25, 0.3) is 6.47 Å². The molecule has 0 aliphatic rings. The van der Waals surface area contributed by atoms with Crippen LogP contribution in [-0.2, 0) is 28.5 Å². The van der Waals surface area contributed by atoms with Gasteiger partial charge in [-0.1, -0.05) is 31.9 Å². The summed E-state index contributed by atoms with van der Waals surface area (Å²) >= 11 is 0. The molecule has 7 nitrogen and oxygen atoms in total. The average Bonchev–Trinajstić information content (AvgIpc) is 2.70. The maximum Gasteiger partial charge on any atom is 0.333 e. The van der Waals surface area contributed by atoms with E-state index in [1.54, 1.807) is 44.4 Å². The fraction of sp³-hybridized carbons (Fsp3) is 0.273. The number of rotatable bonds is 14. The van der Waals surface area contributed by atoms with Crippen molar-refractivity contribution in [3.05, 3.63) is 72.7 Å². The van der Waals surface area contributed by atoms with Crippen molar-refractivity contribution in [2.45, 2.75) is 6.92 Å². The zero-order valence-corrected chi connectivity index (χ0v) is 16.8. The molecule has 0 N–H and O–H groups in total. The van der Waals surface area contributed by atoms with E-state index >= 15 is 0 Å². The van der Waals surface area contributed by atoms with Gasteiger partial charge in [-0.25, -0.2) is 4.79 Å². The normalized spacial score (nSPS) is 10.6. The highest BCUT2D eigenvalue weighted by atomic mass is 16.6. The minimum Gasteiger partial charge on any atom is -0.487 e. The lowest BCUT2D eigenvalue weighted by Crippen LogP contribution is -2.12. The van der Waals surface area contributed by atoms with Crippen LogP contribution in [0.25, 0.3) is 5.57 Å². The first-order valence-electron chi connectivity index (χ1n) is 8.76. The van der Waals surface area contributed by atoms with Gasteiger partial charge in [0, 0.05) is 12.7 Å². The van der Waals surface area contributed by atoms with Gasteiger partial charge < -0.3 is 23.7 Å². The molecule has 1 aromatic rings. The summed E-state index contributed by atoms with van der Waals surface area (Å²) in [4.78, 5) is 21.8. The zero-order valence-electron chi connectivity index (χ0n) is 16.8. The molecule has 0 atom stereocenters. The van der Waals surface area contributed by atoms with Gasteiger partial charge in [0.2, 0.25) is 0 Å². The van der Waals surface area contributed by atoms with E-state index in [1.807, 2.05) is 0 Å². The van der Waals surface area contributed by atoms with Crippen LogP contribution in [0.4, 0.5) is 0 Å². The van der Waals surface area contributed by atoms with Crippen LogP contribution < -0.4 is 4.74 Å². The van der Waals surface area contributed by atoms with Crippen molar-refractivity contribution in [2.24, 2.45) is 0 Å². The average molecular weight is 402 g/mol. The van der Waals surface area contributed by atoms with E-state index in [0.717, 1.165) is 5.56 Å². The second kappa shape index (κ2) is 13.0. The third-order valence-corrected chi connectivity index (χ3v) is 3.48.